The quantitative estimate of drug-likeness (QED) is 0.452. The Morgan fingerprint density at radius 3 is 2.70 bits per heavy atom. The van der Waals surface area contributed by atoms with Crippen LogP contribution in [0.15, 0.2) is 48.5 Å². The van der Waals surface area contributed by atoms with Gasteiger partial charge in [-0.15, -0.1) is 11.3 Å². The smallest absolute Gasteiger partial charge is 0.387 e. The number of hydrogen-bond donors (Lipinski definition) is 1. The maximum atomic E-state index is 12.6. The van der Waals surface area contributed by atoms with Crippen LogP contribution in [0.5, 0.6) is 5.75 Å². The van der Waals surface area contributed by atoms with E-state index in [4.69, 9.17) is 5.26 Å². The molecule has 1 aromatic heterocycles. The van der Waals surface area contributed by atoms with E-state index < -0.39 is 29.5 Å². The number of rotatable bonds is 9. The van der Waals surface area contributed by atoms with Crippen LogP contribution in [0.1, 0.15) is 26.5 Å². The topological polar surface area (TPSA) is 118 Å². The molecule has 1 atom stereocenters. The van der Waals surface area contributed by atoms with E-state index in [0.717, 1.165) is 0 Å². The molecule has 0 aliphatic carbocycles. The Kier molecular flexibility index (Phi) is 8.05. The summed E-state index contributed by atoms with van der Waals surface area (Å²) in [4.78, 5) is 19.1. The van der Waals surface area contributed by atoms with Gasteiger partial charge in [0.15, 0.2) is 5.13 Å². The third-order valence-electron chi connectivity index (χ3n) is 4.35. The molecular weight excluding hydrogens is 474 g/mol. The Bertz CT molecular complexity index is 1200. The molecule has 0 saturated heterocycles. The molecular formula is C21H17F2N4O4S2-. The number of alkyl halides is 2. The van der Waals surface area contributed by atoms with Crippen molar-refractivity contribution in [2.45, 2.75) is 20.1 Å². The van der Waals surface area contributed by atoms with Crippen molar-refractivity contribution >= 4 is 39.1 Å². The van der Waals surface area contributed by atoms with E-state index in [1.165, 1.54) is 23.5 Å². The van der Waals surface area contributed by atoms with Gasteiger partial charge in [0.2, 0.25) is 0 Å². The van der Waals surface area contributed by atoms with E-state index in [-0.39, 0.29) is 18.0 Å². The highest BCUT2D eigenvalue weighted by Gasteiger charge is 2.21. The van der Waals surface area contributed by atoms with Crippen molar-refractivity contribution in [3.63, 3.8) is 0 Å². The fourth-order valence-electron chi connectivity index (χ4n) is 2.90. The minimum absolute atomic E-state index is 0.00304. The highest BCUT2D eigenvalue weighted by Crippen LogP contribution is 2.33. The molecule has 1 N–H and O–H groups in total. The number of carbonyl (C=O) groups is 1. The number of amides is 1. The molecule has 8 nitrogen and oxygen atoms in total. The van der Waals surface area contributed by atoms with Gasteiger partial charge in [0.05, 0.1) is 24.1 Å². The van der Waals surface area contributed by atoms with Crippen LogP contribution in [-0.4, -0.2) is 32.1 Å². The fourth-order valence-corrected chi connectivity index (χ4v) is 4.08. The van der Waals surface area contributed by atoms with Crippen molar-refractivity contribution in [1.29, 1.82) is 5.26 Å². The summed E-state index contributed by atoms with van der Waals surface area (Å²) >= 11 is -1.24. The van der Waals surface area contributed by atoms with E-state index in [1.54, 1.807) is 48.2 Å². The van der Waals surface area contributed by atoms with Crippen LogP contribution in [0.25, 0.3) is 0 Å². The van der Waals surface area contributed by atoms with Crippen LogP contribution in [0, 0.1) is 18.3 Å². The number of carbonyl (C=O) groups excluding carboxylic acids is 1. The number of halogens is 2. The molecule has 12 heteroatoms. The summed E-state index contributed by atoms with van der Waals surface area (Å²) in [6.07, 6.45) is 0. The van der Waals surface area contributed by atoms with Gasteiger partial charge in [-0.2, -0.15) is 14.0 Å². The normalized spacial score (nSPS) is 11.6. The van der Waals surface area contributed by atoms with Gasteiger partial charge in [0, 0.05) is 10.6 Å². The molecule has 1 unspecified atom stereocenters. The second-order valence-electron chi connectivity index (χ2n) is 6.63. The lowest BCUT2D eigenvalue weighted by atomic mass is 10.1. The number of nitriles is 1. The largest absolute Gasteiger partial charge is 0.771 e. The molecule has 1 heterocycles. The van der Waals surface area contributed by atoms with Gasteiger partial charge in [0.1, 0.15) is 11.4 Å². The summed E-state index contributed by atoms with van der Waals surface area (Å²) in [6.45, 7) is -1.08. The Labute approximate surface area is 194 Å². The van der Waals surface area contributed by atoms with Crippen molar-refractivity contribution in [2.24, 2.45) is 0 Å². The summed E-state index contributed by atoms with van der Waals surface area (Å²) in [5.74, 6) is -1.17. The number of aryl methyl sites for hydroxylation is 1. The zero-order chi connectivity index (χ0) is 24.0. The molecule has 0 aliphatic heterocycles. The molecule has 3 aromatic rings. The number of hydrogen-bond acceptors (Lipinski definition) is 8. The van der Waals surface area contributed by atoms with Crippen LogP contribution in [0.4, 0.5) is 19.6 Å². The number of anilines is 2. The Morgan fingerprint density at radius 2 is 2.06 bits per heavy atom. The van der Waals surface area contributed by atoms with E-state index >= 15 is 0 Å². The van der Waals surface area contributed by atoms with E-state index in [2.05, 4.69) is 15.0 Å². The van der Waals surface area contributed by atoms with Crippen LogP contribution in [0.2, 0.25) is 0 Å². The predicted molar refractivity (Wildman–Crippen MR) is 118 cm³/mol. The average molecular weight is 492 g/mol. The Balaban J connectivity index is 1.96. The second kappa shape index (κ2) is 11.0. The Morgan fingerprint density at radius 1 is 1.33 bits per heavy atom. The van der Waals surface area contributed by atoms with Crippen LogP contribution in [-0.2, 0) is 17.6 Å². The lowest BCUT2D eigenvalue weighted by Gasteiger charge is -2.22. The molecule has 0 fully saturated rings. The summed E-state index contributed by atoms with van der Waals surface area (Å²) < 4.78 is 51.2. The molecule has 1 amide bonds. The highest BCUT2D eigenvalue weighted by molar-refractivity contribution is 7.79. The first kappa shape index (κ1) is 24.2. The first-order valence-electron chi connectivity index (χ1n) is 9.39. The molecule has 0 aliphatic rings. The lowest BCUT2D eigenvalue weighted by molar-refractivity contribution is -0.0498. The number of nitrogens with one attached hydrogen (secondary N) is 1. The van der Waals surface area contributed by atoms with E-state index in [1.807, 2.05) is 6.07 Å². The maximum absolute atomic E-state index is 12.6. The monoisotopic (exact) mass is 491 g/mol. The van der Waals surface area contributed by atoms with Crippen molar-refractivity contribution in [1.82, 2.24) is 10.3 Å². The average Bonchev–Trinajstić information content (AvgIpc) is 3.17. The fraction of sp³-hybridized carbons (Fsp3) is 0.190. The lowest BCUT2D eigenvalue weighted by Crippen LogP contribution is -2.27. The number of nitrogens with zero attached hydrogens (tertiary/aromatic N) is 3. The third kappa shape index (κ3) is 6.55. The summed E-state index contributed by atoms with van der Waals surface area (Å²) in [5, 5.41) is 11.8. The molecule has 0 radical (unpaired) electrons. The summed E-state index contributed by atoms with van der Waals surface area (Å²) in [6, 6.07) is 14.9. The third-order valence-corrected chi connectivity index (χ3v) is 5.73. The van der Waals surface area contributed by atoms with Crippen molar-refractivity contribution in [3.8, 4) is 11.8 Å². The van der Waals surface area contributed by atoms with E-state index in [0.29, 0.717) is 26.8 Å². The highest BCUT2D eigenvalue weighted by atomic mass is 32.2. The standard InChI is InChI=1S/C21H18F2N4O4S2/c1-13-18(19(28)25-12-33(29)30)26-21(32-13)27(16-7-5-14(10-24)6-8-16)11-15-3-2-4-17(9-15)31-20(22)23/h2-9,20H,11-12H2,1H3,(H,25,28)(H,29,30)/p-1. The van der Waals surface area contributed by atoms with Crippen molar-refractivity contribution in [2.75, 3.05) is 10.8 Å². The Hall–Kier alpha value is -3.40. The maximum Gasteiger partial charge on any atom is 0.387 e. The van der Waals surface area contributed by atoms with E-state index in [9.17, 15) is 22.3 Å². The number of benzene rings is 2. The SMILES string of the molecule is Cc1sc(N(Cc2cccc(OC(F)F)c2)c2ccc(C#N)cc2)nc1C(=O)NCS(=O)[O-]. The molecule has 0 bridgehead atoms. The van der Waals surface area contributed by atoms with Crippen molar-refractivity contribution < 1.29 is 27.1 Å². The number of ether oxygens (including phenoxy) is 1. The minimum Gasteiger partial charge on any atom is -0.771 e. The zero-order valence-electron chi connectivity index (χ0n) is 17.2. The van der Waals surface area contributed by atoms with Gasteiger partial charge in [0.25, 0.3) is 5.91 Å². The number of thiazole rings is 1. The predicted octanol–water partition coefficient (Wildman–Crippen LogP) is 3.83. The molecule has 2 aromatic carbocycles. The first-order chi connectivity index (χ1) is 15.8. The first-order valence-corrected chi connectivity index (χ1v) is 11.5. The molecule has 33 heavy (non-hydrogen) atoms. The summed E-state index contributed by atoms with van der Waals surface area (Å²) in [5.41, 5.74) is 1.81. The van der Waals surface area contributed by atoms with Crippen LogP contribution < -0.4 is 15.0 Å². The van der Waals surface area contributed by atoms with Gasteiger partial charge in [-0.05, 0) is 60.0 Å². The number of aromatic nitrogens is 1. The molecule has 0 saturated carbocycles. The van der Waals surface area contributed by atoms with Gasteiger partial charge < -0.3 is 19.5 Å². The van der Waals surface area contributed by atoms with Crippen LogP contribution >= 0.6 is 11.3 Å². The zero-order valence-corrected chi connectivity index (χ0v) is 18.8. The molecule has 0 spiro atoms. The van der Waals surface area contributed by atoms with Crippen LogP contribution in [0.3, 0.4) is 0 Å². The van der Waals surface area contributed by atoms with Gasteiger partial charge in [-0.25, -0.2) is 4.98 Å². The summed E-state index contributed by atoms with van der Waals surface area (Å²) in [7, 11) is 0. The minimum atomic E-state index is -2.96. The second-order valence-corrected chi connectivity index (χ2v) is 8.70. The van der Waals surface area contributed by atoms with Gasteiger partial charge in [-0.1, -0.05) is 12.1 Å². The molecule has 3 rings (SSSR count). The van der Waals surface area contributed by atoms with Gasteiger partial charge >= 0.3 is 6.61 Å². The van der Waals surface area contributed by atoms with Gasteiger partial charge in [-0.3, -0.25) is 9.00 Å². The van der Waals surface area contributed by atoms with Crippen molar-refractivity contribution in [3.05, 3.63) is 70.2 Å². The molecule has 172 valence electrons.